The molecular weight excluding hydrogens is 306 g/mol. The molecule has 1 saturated carbocycles. The molecule has 2 aromatic heterocycles. The Morgan fingerprint density at radius 1 is 1.38 bits per heavy atom. The molecule has 1 saturated heterocycles. The van der Waals surface area contributed by atoms with E-state index in [0.717, 1.165) is 49.6 Å². The van der Waals surface area contributed by atoms with E-state index in [1.54, 1.807) is 6.20 Å². The Kier molecular flexibility index (Phi) is 4.60. The second-order valence-corrected chi connectivity index (χ2v) is 6.59. The van der Waals surface area contributed by atoms with Crippen LogP contribution in [0.25, 0.3) is 0 Å². The highest BCUT2D eigenvalue weighted by atomic mass is 16.5. The number of pyridine rings is 1. The van der Waals surface area contributed by atoms with Gasteiger partial charge < -0.3 is 14.0 Å². The fraction of sp³-hybridized carbons (Fsp3) is 0.556. The van der Waals surface area contributed by atoms with E-state index >= 15 is 0 Å². The average molecular weight is 329 g/mol. The van der Waals surface area contributed by atoms with Crippen LogP contribution in [-0.2, 0) is 22.6 Å². The minimum atomic E-state index is 0.0979. The third-order valence-electron chi connectivity index (χ3n) is 4.88. The molecule has 1 aliphatic carbocycles. The first-order valence-corrected chi connectivity index (χ1v) is 8.58. The number of nitrogens with zero attached hydrogens (tertiary/aromatic N) is 3. The Bertz CT molecular complexity index is 661. The first-order chi connectivity index (χ1) is 11.8. The predicted octanol–water partition coefficient (Wildman–Crippen LogP) is 2.33. The molecule has 0 radical (unpaired) electrons. The van der Waals surface area contributed by atoms with Crippen LogP contribution in [0.15, 0.2) is 35.1 Å². The van der Waals surface area contributed by atoms with Gasteiger partial charge >= 0.3 is 0 Å². The van der Waals surface area contributed by atoms with Crippen LogP contribution in [-0.4, -0.2) is 46.4 Å². The molecule has 2 bridgehead atoms. The highest BCUT2D eigenvalue weighted by Gasteiger charge is 2.43. The average Bonchev–Trinajstić information content (AvgIpc) is 3.13. The zero-order valence-electron chi connectivity index (χ0n) is 13.9. The number of hydrogen-bond acceptors (Lipinski definition) is 6. The van der Waals surface area contributed by atoms with Gasteiger partial charge in [-0.25, -0.2) is 0 Å². The number of aromatic nitrogens is 2. The first kappa shape index (κ1) is 15.7. The maximum atomic E-state index is 6.26. The van der Waals surface area contributed by atoms with Gasteiger partial charge in [0.2, 0.25) is 0 Å². The molecule has 2 aliphatic rings. The Hall–Kier alpha value is -1.76. The number of fused-ring (bicyclic) bond motifs is 2. The quantitative estimate of drug-likeness (QED) is 0.839. The minimum Gasteiger partial charge on any atom is -0.374 e. The summed E-state index contributed by atoms with van der Waals surface area (Å²) in [5.41, 5.74) is 2.07. The molecule has 128 valence electrons. The van der Waals surface area contributed by atoms with Crippen LogP contribution in [0, 0.1) is 6.92 Å². The summed E-state index contributed by atoms with van der Waals surface area (Å²) in [7, 11) is 0. The first-order valence-electron chi connectivity index (χ1n) is 8.58. The van der Waals surface area contributed by atoms with Gasteiger partial charge in [-0.1, -0.05) is 11.2 Å². The molecule has 0 amide bonds. The second-order valence-electron chi connectivity index (χ2n) is 6.59. The van der Waals surface area contributed by atoms with Gasteiger partial charge in [0, 0.05) is 37.6 Å². The van der Waals surface area contributed by atoms with Crippen LogP contribution in [0.5, 0.6) is 0 Å². The van der Waals surface area contributed by atoms with Crippen LogP contribution in [0.3, 0.4) is 0 Å². The zero-order valence-corrected chi connectivity index (χ0v) is 13.9. The fourth-order valence-electron chi connectivity index (χ4n) is 3.76. The molecule has 3 heterocycles. The Labute approximate surface area is 141 Å². The lowest BCUT2D eigenvalue weighted by molar-refractivity contribution is -0.0615. The van der Waals surface area contributed by atoms with Crippen molar-refractivity contribution >= 4 is 0 Å². The van der Waals surface area contributed by atoms with Gasteiger partial charge in [0.25, 0.3) is 0 Å². The standard InChI is InChI=1S/C18H23N3O3/c1-13-9-15(20-24-13)11-21-7-8-22-17-5-4-16(21)18(17)23-12-14-3-2-6-19-10-14/h2-3,6,9-10,16-18H,4-5,7-8,11-12H2,1H3/t16-,17-,18-/m0/s1. The van der Waals surface area contributed by atoms with E-state index in [1.165, 1.54) is 0 Å². The molecule has 2 aromatic rings. The Balaban J connectivity index is 1.45. The molecule has 0 N–H and O–H groups in total. The lowest BCUT2D eigenvalue weighted by atomic mass is 10.1. The van der Waals surface area contributed by atoms with E-state index in [9.17, 15) is 0 Å². The van der Waals surface area contributed by atoms with Crippen LogP contribution >= 0.6 is 0 Å². The Morgan fingerprint density at radius 3 is 3.12 bits per heavy atom. The van der Waals surface area contributed by atoms with Crippen molar-refractivity contribution in [1.82, 2.24) is 15.0 Å². The summed E-state index contributed by atoms with van der Waals surface area (Å²) in [6.07, 6.45) is 6.07. The molecule has 24 heavy (non-hydrogen) atoms. The van der Waals surface area contributed by atoms with Gasteiger partial charge in [-0.15, -0.1) is 0 Å². The van der Waals surface area contributed by atoms with E-state index in [4.69, 9.17) is 14.0 Å². The molecule has 1 aliphatic heterocycles. The van der Waals surface area contributed by atoms with Crippen molar-refractivity contribution in [2.45, 2.75) is 51.2 Å². The van der Waals surface area contributed by atoms with Gasteiger partial charge in [-0.3, -0.25) is 9.88 Å². The maximum absolute atomic E-state index is 6.26. The second kappa shape index (κ2) is 7.01. The van der Waals surface area contributed by atoms with E-state index in [1.807, 2.05) is 31.3 Å². The summed E-state index contributed by atoms with van der Waals surface area (Å²) in [5.74, 6) is 0.852. The van der Waals surface area contributed by atoms with Crippen molar-refractivity contribution in [3.63, 3.8) is 0 Å². The highest BCUT2D eigenvalue weighted by molar-refractivity contribution is 5.08. The van der Waals surface area contributed by atoms with Crippen LogP contribution < -0.4 is 0 Å². The SMILES string of the molecule is Cc1cc(CN2CCO[C@H]3CC[C@H]2[C@@H]3OCc2cccnc2)no1. The van der Waals surface area contributed by atoms with Crippen LogP contribution in [0.4, 0.5) is 0 Å². The molecule has 6 nitrogen and oxygen atoms in total. The fourth-order valence-corrected chi connectivity index (χ4v) is 3.76. The van der Waals surface area contributed by atoms with Gasteiger partial charge in [-0.2, -0.15) is 0 Å². The normalized spacial score (nSPS) is 27.3. The number of hydrogen-bond donors (Lipinski definition) is 0. The van der Waals surface area contributed by atoms with Crippen molar-refractivity contribution in [3.05, 3.63) is 47.6 Å². The highest BCUT2D eigenvalue weighted by Crippen LogP contribution is 2.33. The third kappa shape index (κ3) is 3.36. The molecular formula is C18H23N3O3. The monoisotopic (exact) mass is 329 g/mol. The van der Waals surface area contributed by atoms with Gasteiger partial charge in [0.15, 0.2) is 0 Å². The third-order valence-corrected chi connectivity index (χ3v) is 4.88. The smallest absolute Gasteiger partial charge is 0.133 e. The largest absolute Gasteiger partial charge is 0.374 e. The van der Waals surface area contributed by atoms with Crippen molar-refractivity contribution < 1.29 is 14.0 Å². The summed E-state index contributed by atoms with van der Waals surface area (Å²) < 4.78 is 17.5. The molecule has 0 spiro atoms. The van der Waals surface area contributed by atoms with Crippen molar-refractivity contribution in [2.24, 2.45) is 0 Å². The molecule has 0 unspecified atom stereocenters. The number of rotatable bonds is 5. The van der Waals surface area contributed by atoms with Gasteiger partial charge in [0.05, 0.1) is 31.1 Å². The topological polar surface area (TPSA) is 60.6 Å². The summed E-state index contributed by atoms with van der Waals surface area (Å²) >= 11 is 0. The summed E-state index contributed by atoms with van der Waals surface area (Å²) in [5, 5.41) is 4.13. The summed E-state index contributed by atoms with van der Waals surface area (Å²) in [6.45, 7) is 4.93. The molecule has 6 heteroatoms. The van der Waals surface area contributed by atoms with E-state index in [0.29, 0.717) is 12.6 Å². The zero-order chi connectivity index (χ0) is 16.4. The van der Waals surface area contributed by atoms with Crippen molar-refractivity contribution in [2.75, 3.05) is 13.2 Å². The van der Waals surface area contributed by atoms with Crippen molar-refractivity contribution in [3.8, 4) is 0 Å². The van der Waals surface area contributed by atoms with Crippen molar-refractivity contribution in [1.29, 1.82) is 0 Å². The number of ether oxygens (including phenoxy) is 2. The molecule has 4 rings (SSSR count). The van der Waals surface area contributed by atoms with E-state index in [-0.39, 0.29) is 12.2 Å². The van der Waals surface area contributed by atoms with Crippen LogP contribution in [0.1, 0.15) is 29.9 Å². The number of aryl methyl sites for hydroxylation is 1. The maximum Gasteiger partial charge on any atom is 0.133 e. The minimum absolute atomic E-state index is 0.0979. The lowest BCUT2D eigenvalue weighted by Crippen LogP contribution is -2.42. The van der Waals surface area contributed by atoms with E-state index < -0.39 is 0 Å². The molecule has 3 atom stereocenters. The van der Waals surface area contributed by atoms with Gasteiger partial charge in [0.1, 0.15) is 5.76 Å². The summed E-state index contributed by atoms with van der Waals surface area (Å²) in [4.78, 5) is 6.58. The molecule has 2 fully saturated rings. The predicted molar refractivity (Wildman–Crippen MR) is 87.2 cm³/mol. The lowest BCUT2D eigenvalue weighted by Gasteiger charge is -2.30. The molecule has 0 aromatic carbocycles. The van der Waals surface area contributed by atoms with E-state index in [2.05, 4.69) is 15.0 Å². The summed E-state index contributed by atoms with van der Waals surface area (Å²) in [6, 6.07) is 6.36. The van der Waals surface area contributed by atoms with Gasteiger partial charge in [-0.05, 0) is 31.4 Å². The Morgan fingerprint density at radius 2 is 2.33 bits per heavy atom. The van der Waals surface area contributed by atoms with Crippen LogP contribution in [0.2, 0.25) is 0 Å².